The van der Waals surface area contributed by atoms with Crippen LogP contribution >= 0.6 is 24.0 Å². The Morgan fingerprint density at radius 2 is 1.93 bits per heavy atom. The minimum Gasteiger partial charge on any atom is -0.494 e. The van der Waals surface area contributed by atoms with Crippen LogP contribution in [0, 0.1) is 5.82 Å². The second kappa shape index (κ2) is 12.2. The summed E-state index contributed by atoms with van der Waals surface area (Å²) in [5.74, 6) is 0.738. The number of ether oxygens (including phenoxy) is 1. The number of carbonyl (C=O) groups is 1. The molecule has 2 aromatic carbocycles. The molecule has 0 bridgehead atoms. The van der Waals surface area contributed by atoms with Gasteiger partial charge in [-0.25, -0.2) is 4.39 Å². The molecule has 0 heterocycles. The lowest BCUT2D eigenvalue weighted by Crippen LogP contribution is -2.42. The molecule has 152 valence electrons. The van der Waals surface area contributed by atoms with Gasteiger partial charge < -0.3 is 20.3 Å². The average molecular weight is 500 g/mol. The number of hydrogen-bond donors (Lipinski definition) is 2. The Hall–Kier alpha value is -2.36. The molecule has 0 aliphatic rings. The van der Waals surface area contributed by atoms with Crippen molar-refractivity contribution < 1.29 is 13.9 Å². The summed E-state index contributed by atoms with van der Waals surface area (Å²) < 4.78 is 18.6. The van der Waals surface area contributed by atoms with Gasteiger partial charge in [0.25, 0.3) is 0 Å². The van der Waals surface area contributed by atoms with Gasteiger partial charge in [-0.05, 0) is 42.8 Å². The standard InChI is InChI=1S/C20H25FN4O2.HI/c1-4-27-18-10-8-15(9-11-18)14-25(3)20(22-2)23-13-19(26)24-17-7-5-6-16(21)12-17;/h5-12H,4,13-14H2,1-3H3,(H,22,23)(H,24,26);1H. The second-order valence-corrected chi connectivity index (χ2v) is 5.89. The van der Waals surface area contributed by atoms with Crippen LogP contribution in [0.25, 0.3) is 0 Å². The van der Waals surface area contributed by atoms with E-state index in [9.17, 15) is 9.18 Å². The largest absolute Gasteiger partial charge is 0.494 e. The predicted molar refractivity (Wildman–Crippen MR) is 121 cm³/mol. The molecule has 0 saturated heterocycles. The molecule has 0 saturated carbocycles. The van der Waals surface area contributed by atoms with Crippen molar-refractivity contribution in [2.75, 3.05) is 32.6 Å². The minimum absolute atomic E-state index is 0. The number of guanidine groups is 1. The topological polar surface area (TPSA) is 66.0 Å². The van der Waals surface area contributed by atoms with Crippen LogP contribution < -0.4 is 15.4 Å². The molecule has 0 atom stereocenters. The van der Waals surface area contributed by atoms with Gasteiger partial charge in [0.1, 0.15) is 11.6 Å². The quantitative estimate of drug-likeness (QED) is 0.347. The summed E-state index contributed by atoms with van der Waals surface area (Å²) in [6, 6.07) is 13.6. The molecule has 8 heteroatoms. The van der Waals surface area contributed by atoms with E-state index < -0.39 is 5.82 Å². The summed E-state index contributed by atoms with van der Waals surface area (Å²) in [6.07, 6.45) is 0. The molecule has 6 nitrogen and oxygen atoms in total. The van der Waals surface area contributed by atoms with Gasteiger partial charge in [-0.15, -0.1) is 24.0 Å². The number of rotatable bonds is 7. The summed E-state index contributed by atoms with van der Waals surface area (Å²) in [4.78, 5) is 18.1. The first-order chi connectivity index (χ1) is 13.0. The Balaban J connectivity index is 0.00000392. The lowest BCUT2D eigenvalue weighted by atomic mass is 10.2. The normalized spacial score (nSPS) is 10.6. The van der Waals surface area contributed by atoms with E-state index in [1.54, 1.807) is 19.2 Å². The number of halogens is 2. The Morgan fingerprint density at radius 3 is 2.54 bits per heavy atom. The van der Waals surface area contributed by atoms with E-state index in [0.717, 1.165) is 11.3 Å². The van der Waals surface area contributed by atoms with Crippen molar-refractivity contribution in [3.05, 3.63) is 59.9 Å². The first-order valence-electron chi connectivity index (χ1n) is 8.70. The number of benzene rings is 2. The van der Waals surface area contributed by atoms with E-state index in [1.807, 2.05) is 43.1 Å². The van der Waals surface area contributed by atoms with Crippen LogP contribution in [0.5, 0.6) is 5.75 Å². The van der Waals surface area contributed by atoms with Crippen LogP contribution in [0.2, 0.25) is 0 Å². The number of carbonyl (C=O) groups excluding carboxylic acids is 1. The average Bonchev–Trinajstić information content (AvgIpc) is 2.64. The predicted octanol–water partition coefficient (Wildman–Crippen LogP) is 3.49. The second-order valence-electron chi connectivity index (χ2n) is 5.89. The molecule has 1 amide bonds. The van der Waals surface area contributed by atoms with Gasteiger partial charge in [-0.2, -0.15) is 0 Å². The monoisotopic (exact) mass is 500 g/mol. The summed E-state index contributed by atoms with van der Waals surface area (Å²) in [5.41, 5.74) is 1.51. The molecular formula is C20H26FIN4O2. The van der Waals surface area contributed by atoms with Gasteiger partial charge in [-0.1, -0.05) is 18.2 Å². The molecule has 0 unspecified atom stereocenters. The van der Waals surface area contributed by atoms with E-state index in [2.05, 4.69) is 15.6 Å². The first-order valence-corrected chi connectivity index (χ1v) is 8.70. The Bertz CT molecular complexity index is 784. The SMILES string of the molecule is CCOc1ccc(CN(C)C(=NC)NCC(=O)Nc2cccc(F)c2)cc1.I. The number of anilines is 1. The fourth-order valence-corrected chi connectivity index (χ4v) is 2.52. The number of hydrogen-bond acceptors (Lipinski definition) is 3. The van der Waals surface area contributed by atoms with E-state index in [1.165, 1.54) is 12.1 Å². The fraction of sp³-hybridized carbons (Fsp3) is 0.300. The molecule has 0 aliphatic carbocycles. The Labute approximate surface area is 182 Å². The number of aliphatic imine (C=N–C) groups is 1. The molecule has 0 aromatic heterocycles. The highest BCUT2D eigenvalue weighted by atomic mass is 127. The highest BCUT2D eigenvalue weighted by Crippen LogP contribution is 2.13. The smallest absolute Gasteiger partial charge is 0.243 e. The maximum Gasteiger partial charge on any atom is 0.243 e. The van der Waals surface area contributed by atoms with Gasteiger partial charge in [0.2, 0.25) is 5.91 Å². The molecule has 0 fully saturated rings. The van der Waals surface area contributed by atoms with Crippen molar-refractivity contribution in [2.24, 2.45) is 4.99 Å². The third kappa shape index (κ3) is 7.71. The summed E-state index contributed by atoms with van der Waals surface area (Å²) in [7, 11) is 3.54. The number of nitrogens with one attached hydrogen (secondary N) is 2. The maximum atomic E-state index is 13.2. The van der Waals surface area contributed by atoms with Crippen LogP contribution in [0.4, 0.5) is 10.1 Å². The molecule has 0 radical (unpaired) electrons. The van der Waals surface area contributed by atoms with Gasteiger partial charge in [0.05, 0.1) is 13.2 Å². The molecular weight excluding hydrogens is 474 g/mol. The van der Waals surface area contributed by atoms with Crippen LogP contribution in [-0.4, -0.2) is 44.0 Å². The molecule has 2 rings (SSSR count). The Kier molecular flexibility index (Phi) is 10.3. The maximum absolute atomic E-state index is 13.2. The highest BCUT2D eigenvalue weighted by molar-refractivity contribution is 14.0. The van der Waals surface area contributed by atoms with Crippen molar-refractivity contribution in [3.63, 3.8) is 0 Å². The Morgan fingerprint density at radius 1 is 1.21 bits per heavy atom. The summed E-state index contributed by atoms with van der Waals surface area (Å²) >= 11 is 0. The van der Waals surface area contributed by atoms with Crippen LogP contribution in [0.15, 0.2) is 53.5 Å². The number of nitrogens with zero attached hydrogens (tertiary/aromatic N) is 2. The fourth-order valence-electron chi connectivity index (χ4n) is 2.52. The van der Waals surface area contributed by atoms with E-state index in [-0.39, 0.29) is 36.4 Å². The molecule has 2 aromatic rings. The third-order valence-electron chi connectivity index (χ3n) is 3.74. The zero-order chi connectivity index (χ0) is 19.6. The van der Waals surface area contributed by atoms with Gasteiger partial charge in [0.15, 0.2) is 5.96 Å². The van der Waals surface area contributed by atoms with E-state index in [4.69, 9.17) is 4.74 Å². The van der Waals surface area contributed by atoms with Crippen LogP contribution in [-0.2, 0) is 11.3 Å². The van der Waals surface area contributed by atoms with Gasteiger partial charge in [0, 0.05) is 26.3 Å². The van der Waals surface area contributed by atoms with Gasteiger partial charge in [-0.3, -0.25) is 9.79 Å². The zero-order valence-electron chi connectivity index (χ0n) is 16.2. The van der Waals surface area contributed by atoms with Crippen molar-refractivity contribution >= 4 is 41.5 Å². The molecule has 28 heavy (non-hydrogen) atoms. The highest BCUT2D eigenvalue weighted by Gasteiger charge is 2.09. The van der Waals surface area contributed by atoms with Crippen molar-refractivity contribution in [2.45, 2.75) is 13.5 Å². The van der Waals surface area contributed by atoms with Crippen molar-refractivity contribution in [1.29, 1.82) is 0 Å². The molecule has 2 N–H and O–H groups in total. The molecule has 0 spiro atoms. The lowest BCUT2D eigenvalue weighted by Gasteiger charge is -2.22. The first kappa shape index (κ1) is 23.7. The minimum atomic E-state index is -0.397. The summed E-state index contributed by atoms with van der Waals surface area (Å²) in [6.45, 7) is 3.23. The lowest BCUT2D eigenvalue weighted by molar-refractivity contribution is -0.115. The van der Waals surface area contributed by atoms with Crippen molar-refractivity contribution in [1.82, 2.24) is 10.2 Å². The van der Waals surface area contributed by atoms with Crippen molar-refractivity contribution in [3.8, 4) is 5.75 Å². The third-order valence-corrected chi connectivity index (χ3v) is 3.74. The van der Waals surface area contributed by atoms with E-state index >= 15 is 0 Å². The number of amides is 1. The summed E-state index contributed by atoms with van der Waals surface area (Å²) in [5, 5.41) is 5.64. The van der Waals surface area contributed by atoms with Gasteiger partial charge >= 0.3 is 0 Å². The zero-order valence-corrected chi connectivity index (χ0v) is 18.6. The van der Waals surface area contributed by atoms with Crippen LogP contribution in [0.1, 0.15) is 12.5 Å². The van der Waals surface area contributed by atoms with E-state index in [0.29, 0.717) is 24.8 Å². The van der Waals surface area contributed by atoms with Crippen LogP contribution in [0.3, 0.4) is 0 Å². The molecule has 0 aliphatic heterocycles.